The monoisotopic (exact) mass is 295 g/mol. The zero-order valence-corrected chi connectivity index (χ0v) is 14.2. The Kier molecular flexibility index (Phi) is 6.49. The average Bonchev–Trinajstić information content (AvgIpc) is 2.85. The van der Waals surface area contributed by atoms with Gasteiger partial charge in [-0.15, -0.1) is 0 Å². The van der Waals surface area contributed by atoms with Crippen molar-refractivity contribution in [2.75, 3.05) is 39.8 Å². The van der Waals surface area contributed by atoms with E-state index in [1.165, 1.54) is 32.1 Å². The molecule has 2 saturated heterocycles. The van der Waals surface area contributed by atoms with Gasteiger partial charge in [0.25, 0.3) is 0 Å². The topological polar surface area (TPSA) is 26.8 Å². The maximum absolute atomic E-state index is 13.0. The number of likely N-dealkylation sites (tertiary alicyclic amines) is 2. The zero-order chi connectivity index (χ0) is 15.2. The quantitative estimate of drug-likeness (QED) is 0.778. The lowest BCUT2D eigenvalue weighted by molar-refractivity contribution is -0.137. The molecule has 2 atom stereocenters. The smallest absolute Gasteiger partial charge is 0.240 e. The van der Waals surface area contributed by atoms with Crippen molar-refractivity contribution in [2.45, 2.75) is 64.5 Å². The molecule has 0 saturated carbocycles. The highest BCUT2D eigenvalue weighted by Gasteiger charge is 2.35. The summed E-state index contributed by atoms with van der Waals surface area (Å²) >= 11 is 0. The van der Waals surface area contributed by atoms with E-state index < -0.39 is 0 Å². The molecule has 4 heteroatoms. The van der Waals surface area contributed by atoms with Crippen LogP contribution in [0.5, 0.6) is 0 Å². The number of rotatable bonds is 5. The average molecular weight is 295 g/mol. The Labute approximate surface area is 130 Å². The molecule has 2 fully saturated rings. The van der Waals surface area contributed by atoms with Crippen molar-refractivity contribution in [2.24, 2.45) is 0 Å². The standard InChI is InChI=1S/C17H33N3O/c1-4-19(5-2)14-15-10-9-13-20(15)17(21)16-11-7-6-8-12-18(16)3/h15-16H,4-14H2,1-3H3. The Morgan fingerprint density at radius 1 is 1.05 bits per heavy atom. The molecule has 0 N–H and O–H groups in total. The molecule has 1 amide bonds. The van der Waals surface area contributed by atoms with Crippen LogP contribution in [-0.4, -0.2) is 72.5 Å². The third-order valence-corrected chi connectivity index (χ3v) is 5.33. The lowest BCUT2D eigenvalue weighted by atomic mass is 10.1. The summed E-state index contributed by atoms with van der Waals surface area (Å²) in [6.45, 7) is 9.68. The van der Waals surface area contributed by atoms with Crippen LogP contribution in [0.15, 0.2) is 0 Å². The van der Waals surface area contributed by atoms with E-state index in [4.69, 9.17) is 0 Å². The number of amides is 1. The lowest BCUT2D eigenvalue weighted by Gasteiger charge is -2.34. The minimum atomic E-state index is 0.129. The van der Waals surface area contributed by atoms with E-state index >= 15 is 0 Å². The van der Waals surface area contributed by atoms with Crippen LogP contribution in [0.4, 0.5) is 0 Å². The molecule has 2 heterocycles. The van der Waals surface area contributed by atoms with Crippen molar-refractivity contribution in [1.29, 1.82) is 0 Å². The second-order valence-corrected chi connectivity index (χ2v) is 6.66. The van der Waals surface area contributed by atoms with Gasteiger partial charge >= 0.3 is 0 Å². The Hall–Kier alpha value is -0.610. The fourth-order valence-electron chi connectivity index (χ4n) is 3.85. The summed E-state index contributed by atoms with van der Waals surface area (Å²) in [5.41, 5.74) is 0. The maximum Gasteiger partial charge on any atom is 0.240 e. The molecular formula is C17H33N3O. The molecule has 0 aliphatic carbocycles. The molecule has 2 unspecified atom stereocenters. The lowest BCUT2D eigenvalue weighted by Crippen LogP contribution is -2.51. The Balaban J connectivity index is 1.99. The highest BCUT2D eigenvalue weighted by molar-refractivity contribution is 5.82. The van der Waals surface area contributed by atoms with Crippen LogP contribution in [0.1, 0.15) is 52.4 Å². The predicted octanol–water partition coefficient (Wildman–Crippen LogP) is 2.19. The fraction of sp³-hybridized carbons (Fsp3) is 0.941. The molecule has 0 bridgehead atoms. The highest BCUT2D eigenvalue weighted by atomic mass is 16.2. The van der Waals surface area contributed by atoms with E-state index in [0.717, 1.165) is 39.1 Å². The van der Waals surface area contributed by atoms with Crippen LogP contribution >= 0.6 is 0 Å². The molecule has 2 aliphatic rings. The van der Waals surface area contributed by atoms with Gasteiger partial charge in [0.2, 0.25) is 5.91 Å². The number of likely N-dealkylation sites (N-methyl/N-ethyl adjacent to an activating group) is 2. The van der Waals surface area contributed by atoms with Crippen molar-refractivity contribution < 1.29 is 4.79 Å². The number of carbonyl (C=O) groups is 1. The summed E-state index contributed by atoms with van der Waals surface area (Å²) in [5, 5.41) is 0. The molecular weight excluding hydrogens is 262 g/mol. The maximum atomic E-state index is 13.0. The van der Waals surface area contributed by atoms with E-state index in [-0.39, 0.29) is 6.04 Å². The van der Waals surface area contributed by atoms with E-state index in [0.29, 0.717) is 11.9 Å². The molecule has 122 valence electrons. The first-order valence-electron chi connectivity index (χ1n) is 8.90. The SMILES string of the molecule is CCN(CC)CC1CCCN1C(=O)C1CCCCCN1C. The number of hydrogen-bond acceptors (Lipinski definition) is 3. The van der Waals surface area contributed by atoms with Gasteiger partial charge in [-0.3, -0.25) is 9.69 Å². The van der Waals surface area contributed by atoms with Gasteiger partial charge in [-0.25, -0.2) is 0 Å². The Morgan fingerprint density at radius 2 is 1.81 bits per heavy atom. The van der Waals surface area contributed by atoms with Crippen LogP contribution in [0.2, 0.25) is 0 Å². The van der Waals surface area contributed by atoms with E-state index in [1.807, 2.05) is 0 Å². The van der Waals surface area contributed by atoms with Crippen LogP contribution < -0.4 is 0 Å². The molecule has 0 aromatic heterocycles. The van der Waals surface area contributed by atoms with Gasteiger partial charge in [0.15, 0.2) is 0 Å². The van der Waals surface area contributed by atoms with Crippen LogP contribution in [0.25, 0.3) is 0 Å². The van der Waals surface area contributed by atoms with Crippen molar-refractivity contribution in [1.82, 2.24) is 14.7 Å². The van der Waals surface area contributed by atoms with Crippen molar-refractivity contribution in [3.05, 3.63) is 0 Å². The summed E-state index contributed by atoms with van der Waals surface area (Å²) in [6.07, 6.45) is 7.12. The molecule has 21 heavy (non-hydrogen) atoms. The Morgan fingerprint density at radius 3 is 2.52 bits per heavy atom. The zero-order valence-electron chi connectivity index (χ0n) is 14.2. The van der Waals surface area contributed by atoms with Gasteiger partial charge in [0.05, 0.1) is 6.04 Å². The second-order valence-electron chi connectivity index (χ2n) is 6.66. The third-order valence-electron chi connectivity index (χ3n) is 5.33. The van der Waals surface area contributed by atoms with Gasteiger partial charge in [0.1, 0.15) is 0 Å². The minimum absolute atomic E-state index is 0.129. The van der Waals surface area contributed by atoms with Crippen molar-refractivity contribution in [3.63, 3.8) is 0 Å². The van der Waals surface area contributed by atoms with Crippen LogP contribution in [-0.2, 0) is 4.79 Å². The largest absolute Gasteiger partial charge is 0.337 e. The van der Waals surface area contributed by atoms with Crippen molar-refractivity contribution >= 4 is 5.91 Å². The van der Waals surface area contributed by atoms with Crippen LogP contribution in [0.3, 0.4) is 0 Å². The summed E-state index contributed by atoms with van der Waals surface area (Å²) < 4.78 is 0. The Bertz CT molecular complexity index is 330. The summed E-state index contributed by atoms with van der Waals surface area (Å²) in [7, 11) is 2.13. The van der Waals surface area contributed by atoms with Gasteiger partial charge < -0.3 is 9.80 Å². The first-order valence-corrected chi connectivity index (χ1v) is 8.90. The number of nitrogens with zero attached hydrogens (tertiary/aromatic N) is 3. The van der Waals surface area contributed by atoms with Crippen LogP contribution in [0, 0.1) is 0 Å². The van der Waals surface area contributed by atoms with Gasteiger partial charge in [-0.1, -0.05) is 26.7 Å². The van der Waals surface area contributed by atoms with E-state index in [9.17, 15) is 4.79 Å². The first kappa shape index (κ1) is 16.8. The fourth-order valence-corrected chi connectivity index (χ4v) is 3.85. The van der Waals surface area contributed by atoms with Gasteiger partial charge in [-0.05, 0) is 52.4 Å². The minimum Gasteiger partial charge on any atom is -0.337 e. The molecule has 4 nitrogen and oxygen atoms in total. The molecule has 0 radical (unpaired) electrons. The summed E-state index contributed by atoms with van der Waals surface area (Å²) in [4.78, 5) is 19.9. The molecule has 0 spiro atoms. The number of hydrogen-bond donors (Lipinski definition) is 0. The molecule has 2 aliphatic heterocycles. The first-order chi connectivity index (χ1) is 10.2. The van der Waals surface area contributed by atoms with E-state index in [1.54, 1.807) is 0 Å². The third kappa shape index (κ3) is 4.19. The predicted molar refractivity (Wildman–Crippen MR) is 87.4 cm³/mol. The summed E-state index contributed by atoms with van der Waals surface area (Å²) in [5.74, 6) is 0.397. The van der Waals surface area contributed by atoms with E-state index in [2.05, 4.69) is 35.6 Å². The molecule has 2 rings (SSSR count). The normalized spacial score (nSPS) is 28.1. The molecule has 0 aromatic rings. The number of carbonyl (C=O) groups excluding carboxylic acids is 1. The summed E-state index contributed by atoms with van der Waals surface area (Å²) in [6, 6.07) is 0.568. The van der Waals surface area contributed by atoms with Crippen molar-refractivity contribution in [3.8, 4) is 0 Å². The van der Waals surface area contributed by atoms with Gasteiger partial charge in [-0.2, -0.15) is 0 Å². The molecule has 0 aromatic carbocycles. The highest BCUT2D eigenvalue weighted by Crippen LogP contribution is 2.23. The van der Waals surface area contributed by atoms with Gasteiger partial charge in [0, 0.05) is 19.1 Å². The second kappa shape index (κ2) is 8.14.